The molecule has 1 aliphatic heterocycles. The van der Waals surface area contributed by atoms with Gasteiger partial charge in [0.25, 0.3) is 0 Å². The maximum absolute atomic E-state index is 12.1. The van der Waals surface area contributed by atoms with Gasteiger partial charge in [0.05, 0.1) is 22.4 Å². The predicted molar refractivity (Wildman–Crippen MR) is 68.5 cm³/mol. The van der Waals surface area contributed by atoms with Crippen molar-refractivity contribution in [3.05, 3.63) is 22.7 Å². The molecule has 1 unspecified atom stereocenters. The van der Waals surface area contributed by atoms with E-state index < -0.39 is 9.84 Å². The van der Waals surface area contributed by atoms with Crippen molar-refractivity contribution < 1.29 is 8.42 Å². The minimum Gasteiger partial charge on any atom is -0.379 e. The van der Waals surface area contributed by atoms with Gasteiger partial charge >= 0.3 is 0 Å². The van der Waals surface area contributed by atoms with Crippen molar-refractivity contribution in [3.8, 4) is 6.07 Å². The minimum atomic E-state index is -3.25. The summed E-state index contributed by atoms with van der Waals surface area (Å²) in [5.74, 6) is 0.0537. The highest BCUT2D eigenvalue weighted by molar-refractivity contribution is 9.10. The van der Waals surface area contributed by atoms with Crippen LogP contribution in [0.15, 0.2) is 27.6 Å². The first-order chi connectivity index (χ1) is 8.04. The summed E-state index contributed by atoms with van der Waals surface area (Å²) in [7, 11) is -3.25. The minimum absolute atomic E-state index is 0.0537. The molecule has 1 aliphatic rings. The molecule has 0 radical (unpaired) electrons. The highest BCUT2D eigenvalue weighted by Crippen LogP contribution is 2.35. The SMILES string of the molecule is N#CCCC1CS(=O)(=O)c2cccc(Br)c2N1. The number of anilines is 1. The van der Waals surface area contributed by atoms with E-state index in [0.29, 0.717) is 23.4 Å². The molecule has 0 aliphatic carbocycles. The molecule has 4 nitrogen and oxygen atoms in total. The van der Waals surface area contributed by atoms with Crippen LogP contribution < -0.4 is 5.32 Å². The van der Waals surface area contributed by atoms with Crippen LogP contribution in [0.4, 0.5) is 5.69 Å². The zero-order valence-corrected chi connectivity index (χ0v) is 11.4. The van der Waals surface area contributed by atoms with Gasteiger partial charge in [-0.3, -0.25) is 0 Å². The number of hydrogen-bond donors (Lipinski definition) is 1. The quantitative estimate of drug-likeness (QED) is 0.909. The zero-order chi connectivity index (χ0) is 12.5. The Morgan fingerprint density at radius 2 is 2.29 bits per heavy atom. The Hall–Kier alpha value is -1.06. The van der Waals surface area contributed by atoms with Gasteiger partial charge in [0.2, 0.25) is 0 Å². The van der Waals surface area contributed by atoms with Crippen molar-refractivity contribution in [2.75, 3.05) is 11.1 Å². The van der Waals surface area contributed by atoms with Crippen LogP contribution in [-0.4, -0.2) is 20.2 Å². The second kappa shape index (κ2) is 4.67. The molecule has 0 saturated heterocycles. The van der Waals surface area contributed by atoms with Crippen molar-refractivity contribution in [1.82, 2.24) is 0 Å². The topological polar surface area (TPSA) is 70.0 Å². The van der Waals surface area contributed by atoms with Crippen LogP contribution in [0.2, 0.25) is 0 Å². The zero-order valence-electron chi connectivity index (χ0n) is 8.98. The lowest BCUT2D eigenvalue weighted by atomic mass is 10.1. The summed E-state index contributed by atoms with van der Waals surface area (Å²) in [4.78, 5) is 0.333. The number of nitrogens with one attached hydrogen (secondary N) is 1. The van der Waals surface area contributed by atoms with Crippen molar-refractivity contribution in [2.45, 2.75) is 23.8 Å². The molecule has 1 aromatic carbocycles. The molecule has 1 N–H and O–H groups in total. The van der Waals surface area contributed by atoms with Crippen LogP contribution in [0.1, 0.15) is 12.8 Å². The number of sulfone groups is 1. The fraction of sp³-hybridized carbons (Fsp3) is 0.364. The van der Waals surface area contributed by atoms with Crippen LogP contribution in [0.3, 0.4) is 0 Å². The summed E-state index contributed by atoms with van der Waals surface area (Å²) in [6.45, 7) is 0. The highest BCUT2D eigenvalue weighted by Gasteiger charge is 2.30. The Bertz CT molecular complexity index is 578. The van der Waals surface area contributed by atoms with Gasteiger partial charge in [0.15, 0.2) is 9.84 Å². The molecule has 1 aromatic rings. The molecule has 2 rings (SSSR count). The van der Waals surface area contributed by atoms with Gasteiger partial charge in [0, 0.05) is 16.9 Å². The van der Waals surface area contributed by atoms with E-state index in [1.165, 1.54) is 0 Å². The number of hydrogen-bond acceptors (Lipinski definition) is 4. The third kappa shape index (κ3) is 2.45. The standard InChI is InChI=1S/C11H11BrN2O2S/c12-9-4-1-5-10-11(9)14-8(3-2-6-13)7-17(10,15)16/h1,4-5,8,14H,2-3,7H2. The maximum Gasteiger partial charge on any atom is 0.182 e. The first-order valence-electron chi connectivity index (χ1n) is 5.19. The van der Waals surface area contributed by atoms with Crippen molar-refractivity contribution in [1.29, 1.82) is 5.26 Å². The molecule has 0 fully saturated rings. The number of para-hydroxylation sites is 1. The summed E-state index contributed by atoms with van der Waals surface area (Å²) in [5, 5.41) is 11.7. The van der Waals surface area contributed by atoms with E-state index in [-0.39, 0.29) is 11.8 Å². The molecular weight excluding hydrogens is 304 g/mol. The number of nitriles is 1. The van der Waals surface area contributed by atoms with E-state index >= 15 is 0 Å². The van der Waals surface area contributed by atoms with E-state index in [2.05, 4.69) is 21.2 Å². The molecule has 17 heavy (non-hydrogen) atoms. The first-order valence-corrected chi connectivity index (χ1v) is 7.64. The molecule has 0 aromatic heterocycles. The predicted octanol–water partition coefficient (Wildman–Crippen LogP) is 2.32. The van der Waals surface area contributed by atoms with Gasteiger partial charge in [-0.05, 0) is 34.5 Å². The van der Waals surface area contributed by atoms with E-state index in [0.717, 1.165) is 4.47 Å². The van der Waals surface area contributed by atoms with E-state index in [4.69, 9.17) is 5.26 Å². The number of rotatable bonds is 2. The van der Waals surface area contributed by atoms with Gasteiger partial charge in [-0.15, -0.1) is 0 Å². The van der Waals surface area contributed by atoms with Crippen LogP contribution in [0.25, 0.3) is 0 Å². The smallest absolute Gasteiger partial charge is 0.182 e. The Labute approximate surface area is 109 Å². The Balaban J connectivity index is 2.39. The second-order valence-corrected chi connectivity index (χ2v) is 6.79. The summed E-state index contributed by atoms with van der Waals surface area (Å²) in [6.07, 6.45) is 0.892. The van der Waals surface area contributed by atoms with Crippen LogP contribution in [0.5, 0.6) is 0 Å². The van der Waals surface area contributed by atoms with E-state index in [1.807, 2.05) is 6.07 Å². The van der Waals surface area contributed by atoms with Gasteiger partial charge in [-0.25, -0.2) is 8.42 Å². The molecule has 1 heterocycles. The van der Waals surface area contributed by atoms with Gasteiger partial charge in [-0.1, -0.05) is 6.07 Å². The monoisotopic (exact) mass is 314 g/mol. The van der Waals surface area contributed by atoms with Crippen LogP contribution in [0, 0.1) is 11.3 Å². The normalized spacial score (nSPS) is 21.1. The lowest BCUT2D eigenvalue weighted by Crippen LogP contribution is -2.34. The third-order valence-corrected chi connectivity index (χ3v) is 5.20. The molecule has 90 valence electrons. The van der Waals surface area contributed by atoms with Crippen molar-refractivity contribution >= 4 is 31.5 Å². The van der Waals surface area contributed by atoms with Gasteiger partial charge in [0.1, 0.15) is 0 Å². The van der Waals surface area contributed by atoms with Crippen LogP contribution >= 0.6 is 15.9 Å². The molecule has 0 saturated carbocycles. The van der Waals surface area contributed by atoms with E-state index in [9.17, 15) is 8.42 Å². The molecule has 6 heteroatoms. The Morgan fingerprint density at radius 1 is 1.53 bits per heavy atom. The molecule has 0 amide bonds. The van der Waals surface area contributed by atoms with Crippen molar-refractivity contribution in [2.24, 2.45) is 0 Å². The largest absolute Gasteiger partial charge is 0.379 e. The number of benzene rings is 1. The average molecular weight is 315 g/mol. The molecular formula is C11H11BrN2O2S. The lowest BCUT2D eigenvalue weighted by Gasteiger charge is -2.27. The van der Waals surface area contributed by atoms with Gasteiger partial charge < -0.3 is 5.32 Å². The summed E-state index contributed by atoms with van der Waals surface area (Å²) in [5.41, 5.74) is 0.613. The Morgan fingerprint density at radius 3 is 3.00 bits per heavy atom. The van der Waals surface area contributed by atoms with Gasteiger partial charge in [-0.2, -0.15) is 5.26 Å². The maximum atomic E-state index is 12.1. The van der Waals surface area contributed by atoms with Crippen molar-refractivity contribution in [3.63, 3.8) is 0 Å². The first kappa shape index (κ1) is 12.4. The average Bonchev–Trinajstić information content (AvgIpc) is 2.27. The lowest BCUT2D eigenvalue weighted by molar-refractivity contribution is 0.580. The fourth-order valence-corrected chi connectivity index (χ4v) is 4.24. The Kier molecular flexibility index (Phi) is 3.40. The number of nitrogens with zero attached hydrogens (tertiary/aromatic N) is 1. The van der Waals surface area contributed by atoms with E-state index in [1.54, 1.807) is 18.2 Å². The summed E-state index contributed by atoms with van der Waals surface area (Å²) < 4.78 is 24.8. The third-order valence-electron chi connectivity index (χ3n) is 2.68. The fourth-order valence-electron chi connectivity index (χ4n) is 1.90. The summed E-state index contributed by atoms with van der Waals surface area (Å²) >= 11 is 3.34. The molecule has 0 bridgehead atoms. The number of halogens is 1. The summed E-state index contributed by atoms with van der Waals surface area (Å²) in [6, 6.07) is 6.95. The highest BCUT2D eigenvalue weighted by atomic mass is 79.9. The second-order valence-electron chi connectivity index (χ2n) is 3.93. The number of fused-ring (bicyclic) bond motifs is 1. The molecule has 1 atom stereocenters. The van der Waals surface area contributed by atoms with Crippen LogP contribution in [-0.2, 0) is 9.84 Å². The molecule has 0 spiro atoms.